The van der Waals surface area contributed by atoms with Crippen molar-refractivity contribution in [3.63, 3.8) is 0 Å². The number of amides is 2. The van der Waals surface area contributed by atoms with E-state index in [0.717, 1.165) is 25.5 Å². The van der Waals surface area contributed by atoms with E-state index in [9.17, 15) is 14.0 Å². The second-order valence-corrected chi connectivity index (χ2v) is 5.41. The summed E-state index contributed by atoms with van der Waals surface area (Å²) in [5.74, 6) is -1.20. The number of halogens is 1. The number of nitrogens with one attached hydrogen (secondary N) is 2. The summed E-state index contributed by atoms with van der Waals surface area (Å²) < 4.78 is 18.4. The lowest BCUT2D eigenvalue weighted by atomic mass is 10.2. The lowest BCUT2D eigenvalue weighted by Gasteiger charge is -2.10. The summed E-state index contributed by atoms with van der Waals surface area (Å²) in [7, 11) is 0. The van der Waals surface area contributed by atoms with Crippen molar-refractivity contribution in [3.05, 3.63) is 35.6 Å². The minimum atomic E-state index is -0.524. The molecule has 23 heavy (non-hydrogen) atoms. The second kappa shape index (κ2) is 8.38. The van der Waals surface area contributed by atoms with Gasteiger partial charge in [-0.15, -0.1) is 0 Å². The van der Waals surface area contributed by atoms with Gasteiger partial charge in [0.15, 0.2) is 0 Å². The molecule has 0 radical (unpaired) electrons. The average molecular weight is 321 g/mol. The van der Waals surface area contributed by atoms with Crippen molar-refractivity contribution >= 4 is 17.5 Å². The quantitative estimate of drug-likeness (QED) is 0.617. The summed E-state index contributed by atoms with van der Waals surface area (Å²) in [6.07, 6.45) is 2.14. The van der Waals surface area contributed by atoms with Gasteiger partial charge in [0.25, 0.3) is 5.91 Å². The Morgan fingerprint density at radius 3 is 2.96 bits per heavy atom. The van der Waals surface area contributed by atoms with Gasteiger partial charge in [0, 0.05) is 24.4 Å². The van der Waals surface area contributed by atoms with Crippen LogP contribution < -0.4 is 10.7 Å². The van der Waals surface area contributed by atoms with Crippen LogP contribution in [-0.2, 0) is 9.53 Å². The normalized spacial score (nSPS) is 17.8. The van der Waals surface area contributed by atoms with Crippen LogP contribution in [0.3, 0.4) is 0 Å². The number of hydrogen-bond acceptors (Lipinski definition) is 4. The first-order valence-corrected chi connectivity index (χ1v) is 7.52. The van der Waals surface area contributed by atoms with E-state index < -0.39 is 11.7 Å². The zero-order valence-electron chi connectivity index (χ0n) is 13.0. The predicted molar refractivity (Wildman–Crippen MR) is 83.6 cm³/mol. The van der Waals surface area contributed by atoms with Crippen LogP contribution in [0.2, 0.25) is 0 Å². The number of benzene rings is 1. The maximum Gasteiger partial charge on any atom is 0.271 e. The molecule has 124 valence electrons. The number of nitrogens with zero attached hydrogens (tertiary/aromatic N) is 1. The number of rotatable bonds is 6. The third kappa shape index (κ3) is 5.78. The van der Waals surface area contributed by atoms with Gasteiger partial charge < -0.3 is 10.1 Å². The highest BCUT2D eigenvalue weighted by Crippen LogP contribution is 2.10. The molecule has 0 aromatic heterocycles. The highest BCUT2D eigenvalue weighted by Gasteiger charge is 2.16. The van der Waals surface area contributed by atoms with Crippen LogP contribution in [0.15, 0.2) is 29.4 Å². The van der Waals surface area contributed by atoms with Crippen molar-refractivity contribution in [2.75, 3.05) is 13.2 Å². The third-order valence-corrected chi connectivity index (χ3v) is 3.40. The van der Waals surface area contributed by atoms with Gasteiger partial charge in [0.1, 0.15) is 5.82 Å². The van der Waals surface area contributed by atoms with E-state index in [0.29, 0.717) is 12.3 Å². The van der Waals surface area contributed by atoms with Crippen LogP contribution in [0.25, 0.3) is 0 Å². The molecule has 1 saturated heterocycles. The average Bonchev–Trinajstić information content (AvgIpc) is 3.04. The number of carbonyl (C=O) groups excluding carboxylic acids is 2. The molecular weight excluding hydrogens is 301 g/mol. The van der Waals surface area contributed by atoms with Gasteiger partial charge in [-0.3, -0.25) is 9.59 Å². The van der Waals surface area contributed by atoms with Crippen molar-refractivity contribution in [2.24, 2.45) is 5.10 Å². The van der Waals surface area contributed by atoms with Crippen LogP contribution in [-0.4, -0.2) is 36.8 Å². The van der Waals surface area contributed by atoms with Crippen molar-refractivity contribution in [2.45, 2.75) is 32.3 Å². The molecule has 7 heteroatoms. The van der Waals surface area contributed by atoms with Gasteiger partial charge in [-0.1, -0.05) is 6.07 Å². The van der Waals surface area contributed by atoms with Gasteiger partial charge in [0.05, 0.1) is 12.5 Å². The minimum absolute atomic E-state index is 0.0795. The topological polar surface area (TPSA) is 79.8 Å². The largest absolute Gasteiger partial charge is 0.376 e. The molecule has 2 N–H and O–H groups in total. The molecule has 1 atom stereocenters. The van der Waals surface area contributed by atoms with Crippen molar-refractivity contribution < 1.29 is 18.7 Å². The molecule has 1 fully saturated rings. The summed E-state index contributed by atoms with van der Waals surface area (Å²) in [5.41, 5.74) is 2.93. The molecule has 0 saturated carbocycles. The van der Waals surface area contributed by atoms with Gasteiger partial charge in [-0.2, -0.15) is 5.10 Å². The van der Waals surface area contributed by atoms with Gasteiger partial charge in [0.2, 0.25) is 5.91 Å². The Morgan fingerprint density at radius 1 is 1.43 bits per heavy atom. The van der Waals surface area contributed by atoms with Crippen molar-refractivity contribution in [3.8, 4) is 0 Å². The van der Waals surface area contributed by atoms with Gasteiger partial charge in [-0.05, 0) is 38.0 Å². The minimum Gasteiger partial charge on any atom is -0.376 e. The number of ether oxygens (including phenoxy) is 1. The Balaban J connectivity index is 1.75. The molecule has 0 aliphatic carbocycles. The van der Waals surface area contributed by atoms with E-state index in [-0.39, 0.29) is 24.0 Å². The Hall–Kier alpha value is -2.28. The monoisotopic (exact) mass is 321 g/mol. The maximum absolute atomic E-state index is 13.0. The SMILES string of the molecule is CC(CC(=O)NCC1CCCO1)=NNC(=O)c1cccc(F)c1. The zero-order chi connectivity index (χ0) is 16.7. The van der Waals surface area contributed by atoms with Gasteiger partial charge >= 0.3 is 0 Å². The number of hydrazone groups is 1. The molecule has 1 aromatic rings. The molecule has 2 rings (SSSR count). The van der Waals surface area contributed by atoms with Crippen LogP contribution in [0.4, 0.5) is 4.39 Å². The summed E-state index contributed by atoms with van der Waals surface area (Å²) >= 11 is 0. The van der Waals surface area contributed by atoms with E-state index in [2.05, 4.69) is 15.8 Å². The molecule has 1 heterocycles. The Bertz CT molecular complexity index is 598. The third-order valence-electron chi connectivity index (χ3n) is 3.40. The fourth-order valence-corrected chi connectivity index (χ4v) is 2.21. The summed E-state index contributed by atoms with van der Waals surface area (Å²) in [4.78, 5) is 23.5. The predicted octanol–water partition coefficient (Wildman–Crippen LogP) is 1.62. The lowest BCUT2D eigenvalue weighted by Crippen LogP contribution is -2.33. The van der Waals surface area contributed by atoms with E-state index in [1.807, 2.05) is 0 Å². The lowest BCUT2D eigenvalue weighted by molar-refractivity contribution is -0.120. The molecule has 1 aliphatic heterocycles. The smallest absolute Gasteiger partial charge is 0.271 e. The Kier molecular flexibility index (Phi) is 6.22. The van der Waals surface area contributed by atoms with E-state index in [4.69, 9.17) is 4.74 Å². The van der Waals surface area contributed by atoms with E-state index >= 15 is 0 Å². The molecular formula is C16H20FN3O3. The van der Waals surface area contributed by atoms with Crippen molar-refractivity contribution in [1.82, 2.24) is 10.7 Å². The summed E-state index contributed by atoms with van der Waals surface area (Å²) in [6.45, 7) is 2.87. The Morgan fingerprint density at radius 2 is 2.26 bits per heavy atom. The van der Waals surface area contributed by atoms with Crippen molar-refractivity contribution in [1.29, 1.82) is 0 Å². The van der Waals surface area contributed by atoms with E-state index in [1.165, 1.54) is 18.2 Å². The summed E-state index contributed by atoms with van der Waals surface area (Å²) in [5, 5.41) is 6.63. The van der Waals surface area contributed by atoms with Crippen LogP contribution >= 0.6 is 0 Å². The first kappa shape index (κ1) is 17.1. The first-order valence-electron chi connectivity index (χ1n) is 7.52. The van der Waals surface area contributed by atoms with Crippen LogP contribution in [0.1, 0.15) is 36.5 Å². The standard InChI is InChI=1S/C16H20FN3O3/c1-11(8-15(21)18-10-14-6-3-7-23-14)19-20-16(22)12-4-2-5-13(17)9-12/h2,4-5,9,14H,3,6-8,10H2,1H3,(H,18,21)(H,20,22). The molecule has 2 amide bonds. The van der Waals surface area contributed by atoms with Gasteiger partial charge in [-0.25, -0.2) is 9.82 Å². The van der Waals surface area contributed by atoms with Crippen LogP contribution in [0.5, 0.6) is 0 Å². The highest BCUT2D eigenvalue weighted by molar-refractivity contribution is 6.01. The van der Waals surface area contributed by atoms with E-state index in [1.54, 1.807) is 6.92 Å². The maximum atomic E-state index is 13.0. The fraction of sp³-hybridized carbons (Fsp3) is 0.438. The first-order chi connectivity index (χ1) is 11.0. The molecule has 1 aromatic carbocycles. The molecule has 0 bridgehead atoms. The second-order valence-electron chi connectivity index (χ2n) is 5.41. The highest BCUT2D eigenvalue weighted by atomic mass is 19.1. The molecule has 0 spiro atoms. The number of carbonyl (C=O) groups is 2. The molecule has 1 aliphatic rings. The zero-order valence-corrected chi connectivity index (χ0v) is 13.0. The summed E-state index contributed by atoms with van der Waals surface area (Å²) in [6, 6.07) is 5.30. The fourth-order valence-electron chi connectivity index (χ4n) is 2.21. The van der Waals surface area contributed by atoms with Crippen LogP contribution in [0, 0.1) is 5.82 Å². The Labute approximate surface area is 134 Å². The molecule has 1 unspecified atom stereocenters. The number of hydrogen-bond donors (Lipinski definition) is 2. The molecule has 6 nitrogen and oxygen atoms in total.